The van der Waals surface area contributed by atoms with Gasteiger partial charge in [-0.05, 0) is 48.8 Å². The van der Waals surface area contributed by atoms with Gasteiger partial charge < -0.3 is 10.5 Å². The molecule has 100 valence electrons. The Bertz CT molecular complexity index is 419. The lowest BCUT2D eigenvalue weighted by atomic mass is 9.56. The molecule has 1 aromatic carbocycles. The molecule has 0 amide bonds. The monoisotopic (exact) mass is 247 g/mol. The van der Waals surface area contributed by atoms with Gasteiger partial charge in [0.1, 0.15) is 5.75 Å². The fourth-order valence-corrected chi connectivity index (χ4v) is 3.09. The quantitative estimate of drug-likeness (QED) is 0.886. The Morgan fingerprint density at radius 2 is 2.06 bits per heavy atom. The van der Waals surface area contributed by atoms with Crippen LogP contribution in [0.5, 0.6) is 5.75 Å². The number of hydrogen-bond donors (Lipinski definition) is 1. The minimum Gasteiger partial charge on any atom is -0.496 e. The Labute approximate surface area is 111 Å². The Kier molecular flexibility index (Phi) is 3.67. The van der Waals surface area contributed by atoms with Crippen molar-refractivity contribution in [3.8, 4) is 5.75 Å². The third-order valence-electron chi connectivity index (χ3n) is 4.66. The molecule has 2 N–H and O–H groups in total. The second-order valence-electron chi connectivity index (χ2n) is 6.08. The van der Waals surface area contributed by atoms with Crippen LogP contribution in [0.1, 0.15) is 37.8 Å². The number of nitrogens with two attached hydrogens (primary N) is 1. The predicted octanol–water partition coefficient (Wildman–Crippen LogP) is 3.27. The molecule has 1 aromatic rings. The summed E-state index contributed by atoms with van der Waals surface area (Å²) < 4.78 is 5.43. The summed E-state index contributed by atoms with van der Waals surface area (Å²) in [6, 6.07) is 6.55. The minimum atomic E-state index is 0.190. The number of ether oxygens (including phenoxy) is 1. The van der Waals surface area contributed by atoms with Crippen molar-refractivity contribution in [3.63, 3.8) is 0 Å². The van der Waals surface area contributed by atoms with Crippen LogP contribution >= 0.6 is 0 Å². The van der Waals surface area contributed by atoms with Gasteiger partial charge in [-0.25, -0.2) is 0 Å². The van der Waals surface area contributed by atoms with Crippen LogP contribution in [0.2, 0.25) is 0 Å². The summed E-state index contributed by atoms with van der Waals surface area (Å²) in [4.78, 5) is 0. The maximum atomic E-state index is 6.05. The van der Waals surface area contributed by atoms with Crippen LogP contribution < -0.4 is 10.5 Å². The molecule has 1 aliphatic carbocycles. The van der Waals surface area contributed by atoms with Gasteiger partial charge in [-0.1, -0.05) is 26.0 Å². The van der Waals surface area contributed by atoms with Crippen molar-refractivity contribution in [2.24, 2.45) is 17.6 Å². The van der Waals surface area contributed by atoms with Crippen molar-refractivity contribution in [1.82, 2.24) is 0 Å². The Morgan fingerprint density at radius 1 is 1.39 bits per heavy atom. The summed E-state index contributed by atoms with van der Waals surface area (Å²) in [5.74, 6) is 2.56. The summed E-state index contributed by atoms with van der Waals surface area (Å²) in [5, 5.41) is 0. The third kappa shape index (κ3) is 2.14. The van der Waals surface area contributed by atoms with E-state index in [-0.39, 0.29) is 5.41 Å². The van der Waals surface area contributed by atoms with Crippen LogP contribution in [-0.2, 0) is 5.41 Å². The van der Waals surface area contributed by atoms with E-state index in [0.717, 1.165) is 24.1 Å². The van der Waals surface area contributed by atoms with E-state index in [2.05, 4.69) is 39.0 Å². The van der Waals surface area contributed by atoms with Gasteiger partial charge in [0.15, 0.2) is 0 Å². The van der Waals surface area contributed by atoms with Crippen LogP contribution in [0, 0.1) is 18.8 Å². The highest BCUT2D eigenvalue weighted by atomic mass is 16.5. The zero-order chi connectivity index (χ0) is 13.3. The molecule has 0 spiro atoms. The van der Waals surface area contributed by atoms with Crippen molar-refractivity contribution < 1.29 is 4.74 Å². The van der Waals surface area contributed by atoms with E-state index in [9.17, 15) is 0 Å². The van der Waals surface area contributed by atoms with E-state index >= 15 is 0 Å². The second kappa shape index (κ2) is 4.93. The van der Waals surface area contributed by atoms with Crippen LogP contribution in [0.25, 0.3) is 0 Å². The molecule has 0 bridgehead atoms. The van der Waals surface area contributed by atoms with Crippen molar-refractivity contribution in [3.05, 3.63) is 29.3 Å². The highest BCUT2D eigenvalue weighted by Crippen LogP contribution is 2.50. The number of methoxy groups -OCH3 is 1. The lowest BCUT2D eigenvalue weighted by molar-refractivity contribution is 0.106. The molecule has 0 aromatic heterocycles. The first-order valence-corrected chi connectivity index (χ1v) is 6.87. The van der Waals surface area contributed by atoms with E-state index in [4.69, 9.17) is 10.5 Å². The molecule has 2 nitrogen and oxygen atoms in total. The van der Waals surface area contributed by atoms with Gasteiger partial charge in [-0.15, -0.1) is 0 Å². The molecule has 1 saturated carbocycles. The van der Waals surface area contributed by atoms with E-state index in [1.165, 1.54) is 24.0 Å². The van der Waals surface area contributed by atoms with Gasteiger partial charge >= 0.3 is 0 Å². The lowest BCUT2D eigenvalue weighted by Gasteiger charge is -2.49. The smallest absolute Gasteiger partial charge is 0.122 e. The molecule has 0 heterocycles. The Hall–Kier alpha value is -1.02. The highest BCUT2D eigenvalue weighted by Gasteiger charge is 2.45. The first-order chi connectivity index (χ1) is 8.52. The average Bonchev–Trinajstić information content (AvgIpc) is 2.29. The van der Waals surface area contributed by atoms with E-state index < -0.39 is 0 Å². The van der Waals surface area contributed by atoms with E-state index in [0.29, 0.717) is 0 Å². The van der Waals surface area contributed by atoms with Crippen molar-refractivity contribution in [1.29, 1.82) is 0 Å². The van der Waals surface area contributed by atoms with Crippen molar-refractivity contribution in [2.45, 2.75) is 39.0 Å². The molecule has 0 unspecified atom stereocenters. The SMILES string of the molecule is COc1cc(C2(CN)CC(C(C)C)C2)ccc1C. The number of benzene rings is 1. The third-order valence-corrected chi connectivity index (χ3v) is 4.66. The van der Waals surface area contributed by atoms with Gasteiger partial charge in [0.25, 0.3) is 0 Å². The van der Waals surface area contributed by atoms with Crippen LogP contribution in [-0.4, -0.2) is 13.7 Å². The first kappa shape index (κ1) is 13.4. The molecule has 1 aliphatic rings. The predicted molar refractivity (Wildman–Crippen MR) is 76.0 cm³/mol. The van der Waals surface area contributed by atoms with E-state index in [1.807, 2.05) is 0 Å². The van der Waals surface area contributed by atoms with Gasteiger partial charge in [-0.2, -0.15) is 0 Å². The number of aryl methyl sites for hydroxylation is 1. The van der Waals surface area contributed by atoms with Gasteiger partial charge in [0.2, 0.25) is 0 Å². The highest BCUT2D eigenvalue weighted by molar-refractivity contribution is 5.41. The zero-order valence-electron chi connectivity index (χ0n) is 12.0. The number of rotatable bonds is 4. The molecule has 1 fully saturated rings. The van der Waals surface area contributed by atoms with Crippen LogP contribution in [0.4, 0.5) is 0 Å². The topological polar surface area (TPSA) is 35.2 Å². The molecule has 2 heteroatoms. The van der Waals surface area contributed by atoms with Crippen molar-refractivity contribution in [2.75, 3.05) is 13.7 Å². The Balaban J connectivity index is 2.25. The van der Waals surface area contributed by atoms with Gasteiger partial charge in [0, 0.05) is 12.0 Å². The zero-order valence-corrected chi connectivity index (χ0v) is 12.0. The summed E-state index contributed by atoms with van der Waals surface area (Å²) in [7, 11) is 1.74. The lowest BCUT2D eigenvalue weighted by Crippen LogP contribution is -2.48. The van der Waals surface area contributed by atoms with Gasteiger partial charge in [0.05, 0.1) is 7.11 Å². The fourth-order valence-electron chi connectivity index (χ4n) is 3.09. The average molecular weight is 247 g/mol. The largest absolute Gasteiger partial charge is 0.496 e. The summed E-state index contributed by atoms with van der Waals surface area (Å²) in [6.07, 6.45) is 2.43. The standard InChI is InChI=1S/C16H25NO/c1-11(2)13-8-16(9-13,10-17)14-6-5-12(3)15(7-14)18-4/h5-7,11,13H,8-10,17H2,1-4H3. The molecular formula is C16H25NO. The summed E-state index contributed by atoms with van der Waals surface area (Å²) in [5.41, 5.74) is 8.78. The Morgan fingerprint density at radius 3 is 2.56 bits per heavy atom. The molecular weight excluding hydrogens is 222 g/mol. The molecule has 0 atom stereocenters. The van der Waals surface area contributed by atoms with Crippen LogP contribution in [0.3, 0.4) is 0 Å². The van der Waals surface area contributed by atoms with Crippen molar-refractivity contribution >= 4 is 0 Å². The maximum Gasteiger partial charge on any atom is 0.122 e. The summed E-state index contributed by atoms with van der Waals surface area (Å²) in [6.45, 7) is 7.43. The molecule has 0 saturated heterocycles. The van der Waals surface area contributed by atoms with Crippen LogP contribution in [0.15, 0.2) is 18.2 Å². The molecule has 18 heavy (non-hydrogen) atoms. The maximum absolute atomic E-state index is 6.05. The molecule has 2 rings (SSSR count). The normalized spacial score (nSPS) is 27.1. The first-order valence-electron chi connectivity index (χ1n) is 6.87. The van der Waals surface area contributed by atoms with Gasteiger partial charge in [-0.3, -0.25) is 0 Å². The molecule has 0 aliphatic heterocycles. The fraction of sp³-hybridized carbons (Fsp3) is 0.625. The second-order valence-corrected chi connectivity index (χ2v) is 6.08. The minimum absolute atomic E-state index is 0.190. The number of hydrogen-bond acceptors (Lipinski definition) is 2. The molecule has 0 radical (unpaired) electrons. The summed E-state index contributed by atoms with van der Waals surface area (Å²) >= 11 is 0. The van der Waals surface area contributed by atoms with E-state index in [1.54, 1.807) is 7.11 Å².